The van der Waals surface area contributed by atoms with Crippen LogP contribution in [0.15, 0.2) is 54.9 Å². The van der Waals surface area contributed by atoms with Gasteiger partial charge in [0.1, 0.15) is 12.4 Å². The highest BCUT2D eigenvalue weighted by Gasteiger charge is 2.30. The van der Waals surface area contributed by atoms with Crippen LogP contribution in [0, 0.1) is 11.6 Å². The zero-order valence-electron chi connectivity index (χ0n) is 18.0. The Bertz CT molecular complexity index is 1300. The molecule has 8 nitrogen and oxygen atoms in total. The van der Waals surface area contributed by atoms with Gasteiger partial charge in [-0.05, 0) is 49.2 Å². The molecule has 1 aliphatic heterocycles. The normalized spacial score (nSPS) is 14.5. The van der Waals surface area contributed by atoms with Crippen molar-refractivity contribution in [2.75, 3.05) is 13.1 Å². The van der Waals surface area contributed by atoms with Gasteiger partial charge in [-0.15, -0.1) is 10.2 Å². The lowest BCUT2D eigenvalue weighted by atomic mass is 9.95. The maximum absolute atomic E-state index is 14.1. The fraction of sp³-hybridized carbons (Fsp3) is 0.261. The molecule has 5 rings (SSSR count). The quantitative estimate of drug-likeness (QED) is 0.430. The number of carbonyl (C=O) groups excluding carboxylic acids is 1. The lowest BCUT2D eigenvalue weighted by molar-refractivity contribution is 0.0704. The Morgan fingerprint density at radius 1 is 1.00 bits per heavy atom. The second-order valence-electron chi connectivity index (χ2n) is 8.01. The Labute approximate surface area is 198 Å². The average molecular weight is 484 g/mol. The van der Waals surface area contributed by atoms with Gasteiger partial charge in [-0.1, -0.05) is 17.7 Å². The van der Waals surface area contributed by atoms with Crippen molar-refractivity contribution < 1.29 is 13.6 Å². The molecule has 34 heavy (non-hydrogen) atoms. The molecule has 2 aromatic heterocycles. The van der Waals surface area contributed by atoms with E-state index in [1.807, 2.05) is 16.7 Å². The van der Waals surface area contributed by atoms with E-state index in [1.165, 1.54) is 16.9 Å². The van der Waals surface area contributed by atoms with Crippen LogP contribution in [0.2, 0.25) is 5.02 Å². The maximum atomic E-state index is 14.1. The third kappa shape index (κ3) is 4.28. The van der Waals surface area contributed by atoms with E-state index in [4.69, 9.17) is 11.6 Å². The van der Waals surface area contributed by atoms with Gasteiger partial charge in [0.15, 0.2) is 17.5 Å². The molecule has 0 radical (unpaired) electrons. The molecular formula is C23H20ClF2N7O. The van der Waals surface area contributed by atoms with Gasteiger partial charge in [-0.2, -0.15) is 15.0 Å². The van der Waals surface area contributed by atoms with Crippen LogP contribution in [0.5, 0.6) is 0 Å². The molecule has 0 spiro atoms. The highest BCUT2D eigenvalue weighted by Crippen LogP contribution is 2.30. The second-order valence-corrected chi connectivity index (χ2v) is 8.45. The number of aromatic nitrogens is 6. The first-order chi connectivity index (χ1) is 16.5. The van der Waals surface area contributed by atoms with Crippen molar-refractivity contribution in [3.05, 3.63) is 88.7 Å². The van der Waals surface area contributed by atoms with E-state index in [1.54, 1.807) is 29.4 Å². The van der Waals surface area contributed by atoms with E-state index in [9.17, 15) is 13.6 Å². The molecule has 1 saturated heterocycles. The molecule has 0 N–H and O–H groups in total. The SMILES string of the molecule is O=C(c1cccc(F)c1F)N1CCC(c2nnc(Cn3nccn3)n2-c2ccc(Cl)cc2)CC1. The van der Waals surface area contributed by atoms with Crippen molar-refractivity contribution in [3.63, 3.8) is 0 Å². The summed E-state index contributed by atoms with van der Waals surface area (Å²) in [7, 11) is 0. The highest BCUT2D eigenvalue weighted by molar-refractivity contribution is 6.30. The van der Waals surface area contributed by atoms with Crippen LogP contribution in [0.25, 0.3) is 5.69 Å². The Kier molecular flexibility index (Phi) is 6.06. The fourth-order valence-corrected chi connectivity index (χ4v) is 4.33. The first-order valence-electron chi connectivity index (χ1n) is 10.8. The third-order valence-corrected chi connectivity index (χ3v) is 6.17. The summed E-state index contributed by atoms with van der Waals surface area (Å²) in [5.41, 5.74) is 0.601. The Morgan fingerprint density at radius 3 is 2.41 bits per heavy atom. The molecule has 2 aromatic carbocycles. The summed E-state index contributed by atoms with van der Waals surface area (Å²) in [6.07, 6.45) is 4.40. The van der Waals surface area contributed by atoms with E-state index < -0.39 is 17.5 Å². The number of hydrogen-bond acceptors (Lipinski definition) is 5. The standard InChI is InChI=1S/C23H20ClF2N7O/c24-16-4-6-17(7-5-16)33-20(14-32-27-10-11-28-32)29-30-22(33)15-8-12-31(13-9-15)23(34)18-2-1-3-19(25)21(18)26/h1-7,10-11,15H,8-9,12-14H2. The average Bonchev–Trinajstić information content (AvgIpc) is 3.52. The van der Waals surface area contributed by atoms with Crippen molar-refractivity contribution >= 4 is 17.5 Å². The molecule has 3 heterocycles. The molecule has 0 atom stereocenters. The number of piperidine rings is 1. The molecule has 0 bridgehead atoms. The zero-order valence-corrected chi connectivity index (χ0v) is 18.7. The maximum Gasteiger partial charge on any atom is 0.256 e. The largest absolute Gasteiger partial charge is 0.339 e. The summed E-state index contributed by atoms with van der Waals surface area (Å²) in [4.78, 5) is 15.8. The van der Waals surface area contributed by atoms with Crippen LogP contribution in [0.1, 0.15) is 40.8 Å². The van der Waals surface area contributed by atoms with Crippen molar-refractivity contribution in [1.82, 2.24) is 34.7 Å². The van der Waals surface area contributed by atoms with E-state index >= 15 is 0 Å². The van der Waals surface area contributed by atoms with Crippen LogP contribution in [-0.2, 0) is 6.54 Å². The van der Waals surface area contributed by atoms with Crippen LogP contribution in [0.4, 0.5) is 8.78 Å². The monoisotopic (exact) mass is 483 g/mol. The summed E-state index contributed by atoms with van der Waals surface area (Å²) in [6, 6.07) is 11.0. The number of rotatable bonds is 5. The number of halogens is 3. The number of nitrogens with zero attached hydrogens (tertiary/aromatic N) is 7. The summed E-state index contributed by atoms with van der Waals surface area (Å²) < 4.78 is 29.7. The fourth-order valence-electron chi connectivity index (χ4n) is 4.20. The van der Waals surface area contributed by atoms with Gasteiger partial charge >= 0.3 is 0 Å². The van der Waals surface area contributed by atoms with E-state index in [2.05, 4.69) is 20.4 Å². The smallest absolute Gasteiger partial charge is 0.256 e. The Morgan fingerprint density at radius 2 is 1.71 bits per heavy atom. The molecule has 0 unspecified atom stereocenters. The minimum atomic E-state index is -1.12. The van der Waals surface area contributed by atoms with Gasteiger partial charge < -0.3 is 4.90 Å². The van der Waals surface area contributed by atoms with Crippen molar-refractivity contribution in [1.29, 1.82) is 0 Å². The molecule has 0 aliphatic carbocycles. The summed E-state index contributed by atoms with van der Waals surface area (Å²) in [5.74, 6) is -1.23. The van der Waals surface area contributed by atoms with Crippen molar-refractivity contribution in [2.45, 2.75) is 25.3 Å². The van der Waals surface area contributed by atoms with Crippen molar-refractivity contribution in [2.24, 2.45) is 0 Å². The van der Waals surface area contributed by atoms with Gasteiger partial charge in [-0.25, -0.2) is 8.78 Å². The number of benzene rings is 2. The molecule has 0 saturated carbocycles. The molecular weight excluding hydrogens is 464 g/mol. The second kappa shape index (κ2) is 9.30. The predicted octanol–water partition coefficient (Wildman–Crippen LogP) is 3.86. The van der Waals surface area contributed by atoms with Gasteiger partial charge in [0, 0.05) is 29.7 Å². The number of hydrogen-bond donors (Lipinski definition) is 0. The van der Waals surface area contributed by atoms with E-state index in [-0.39, 0.29) is 11.5 Å². The molecule has 4 aromatic rings. The molecule has 1 amide bonds. The number of carbonyl (C=O) groups is 1. The summed E-state index contributed by atoms with van der Waals surface area (Å²) in [5, 5.41) is 17.8. The molecule has 1 aliphatic rings. The van der Waals surface area contributed by atoms with Crippen LogP contribution >= 0.6 is 11.6 Å². The first kappa shape index (κ1) is 22.1. The molecule has 1 fully saturated rings. The topological polar surface area (TPSA) is 81.7 Å². The highest BCUT2D eigenvalue weighted by atomic mass is 35.5. The lowest BCUT2D eigenvalue weighted by Gasteiger charge is -2.32. The molecule has 174 valence electrons. The Balaban J connectivity index is 1.39. The predicted molar refractivity (Wildman–Crippen MR) is 120 cm³/mol. The lowest BCUT2D eigenvalue weighted by Crippen LogP contribution is -2.38. The Hall–Kier alpha value is -3.66. The van der Waals surface area contributed by atoms with Gasteiger partial charge in [0.05, 0.1) is 18.0 Å². The number of likely N-dealkylation sites (tertiary alicyclic amines) is 1. The first-order valence-corrected chi connectivity index (χ1v) is 11.2. The van der Waals surface area contributed by atoms with Crippen LogP contribution in [-0.4, -0.2) is 53.7 Å². The summed E-state index contributed by atoms with van der Waals surface area (Å²) in [6.45, 7) is 1.12. The molecule has 11 heteroatoms. The van der Waals surface area contributed by atoms with E-state index in [0.717, 1.165) is 17.6 Å². The number of amides is 1. The van der Waals surface area contributed by atoms with E-state index in [0.29, 0.717) is 43.3 Å². The van der Waals surface area contributed by atoms with Gasteiger partial charge in [0.2, 0.25) is 0 Å². The minimum absolute atomic E-state index is 0.0175. The zero-order chi connectivity index (χ0) is 23.7. The van der Waals surface area contributed by atoms with Gasteiger partial charge in [0.25, 0.3) is 5.91 Å². The third-order valence-electron chi connectivity index (χ3n) is 5.92. The van der Waals surface area contributed by atoms with Gasteiger partial charge in [-0.3, -0.25) is 9.36 Å². The minimum Gasteiger partial charge on any atom is -0.339 e. The summed E-state index contributed by atoms with van der Waals surface area (Å²) >= 11 is 6.08. The van der Waals surface area contributed by atoms with Crippen LogP contribution < -0.4 is 0 Å². The van der Waals surface area contributed by atoms with Crippen molar-refractivity contribution in [3.8, 4) is 5.69 Å². The van der Waals surface area contributed by atoms with Crippen LogP contribution in [0.3, 0.4) is 0 Å².